The van der Waals surface area contributed by atoms with Crippen molar-refractivity contribution < 1.29 is 18.1 Å². The lowest BCUT2D eigenvalue weighted by Gasteiger charge is -2.34. The van der Waals surface area contributed by atoms with E-state index in [1.165, 1.54) is 40.7 Å². The average molecular weight is 432 g/mol. The lowest BCUT2D eigenvalue weighted by atomic mass is 9.94. The van der Waals surface area contributed by atoms with Crippen LogP contribution in [-0.4, -0.2) is 43.1 Å². The third-order valence-corrected chi connectivity index (χ3v) is 6.99. The van der Waals surface area contributed by atoms with Crippen molar-refractivity contribution in [1.29, 1.82) is 0 Å². The van der Waals surface area contributed by atoms with Crippen LogP contribution in [0.3, 0.4) is 0 Å². The maximum Gasteiger partial charge on any atom is 0.269 e. The Balaban J connectivity index is 1.71. The van der Waals surface area contributed by atoms with Crippen LogP contribution in [-0.2, 0) is 10.0 Å². The predicted octanol–water partition coefficient (Wildman–Crippen LogP) is 3.56. The Morgan fingerprint density at radius 2 is 1.77 bits per heavy atom. The molecule has 0 amide bonds. The normalized spacial score (nSPS) is 19.9. The molecule has 1 heterocycles. The zero-order valence-electron chi connectivity index (χ0n) is 16.9. The number of nitrogens with zero attached hydrogens (tertiary/aromatic N) is 2. The monoisotopic (exact) mass is 431 g/mol. The summed E-state index contributed by atoms with van der Waals surface area (Å²) in [6.45, 7) is 4.99. The third-order valence-electron chi connectivity index (χ3n) is 5.16. The Hall–Kier alpha value is -2.78. The fourth-order valence-corrected chi connectivity index (χ4v) is 5.49. The summed E-state index contributed by atoms with van der Waals surface area (Å²) < 4.78 is 27.6. The van der Waals surface area contributed by atoms with Crippen molar-refractivity contribution >= 4 is 27.2 Å². The van der Waals surface area contributed by atoms with E-state index in [1.54, 1.807) is 12.1 Å². The molecule has 0 saturated carbocycles. The molecule has 2 aromatic carbocycles. The number of carbonyl (C=O) groups is 1. The zero-order valence-corrected chi connectivity index (χ0v) is 17.8. The summed E-state index contributed by atoms with van der Waals surface area (Å²) >= 11 is 0. The highest BCUT2D eigenvalue weighted by Crippen LogP contribution is 2.27. The van der Waals surface area contributed by atoms with Crippen molar-refractivity contribution in [3.63, 3.8) is 0 Å². The largest absolute Gasteiger partial charge is 0.378 e. The number of Topliss-reactive ketones (excluding diaryl/α,β-unsaturated/α-hetero) is 1. The molecule has 1 fully saturated rings. The van der Waals surface area contributed by atoms with Gasteiger partial charge in [0.05, 0.1) is 16.4 Å². The van der Waals surface area contributed by atoms with Gasteiger partial charge >= 0.3 is 0 Å². The topological polar surface area (TPSA) is 110 Å². The van der Waals surface area contributed by atoms with Crippen LogP contribution < -0.4 is 5.32 Å². The molecule has 1 N–H and O–H groups in total. The van der Waals surface area contributed by atoms with E-state index >= 15 is 0 Å². The molecule has 0 aromatic heterocycles. The fraction of sp³-hybridized carbons (Fsp3) is 0.381. The van der Waals surface area contributed by atoms with Gasteiger partial charge in [-0.3, -0.25) is 14.9 Å². The lowest BCUT2D eigenvalue weighted by molar-refractivity contribution is -0.384. The summed E-state index contributed by atoms with van der Waals surface area (Å²) in [6, 6.07) is 11.8. The summed E-state index contributed by atoms with van der Waals surface area (Å²) in [5, 5.41) is 13.6. The molecule has 1 aliphatic rings. The summed E-state index contributed by atoms with van der Waals surface area (Å²) in [4.78, 5) is 22.9. The van der Waals surface area contributed by atoms with Crippen LogP contribution in [0, 0.1) is 22.0 Å². The van der Waals surface area contributed by atoms with Crippen LogP contribution in [0.5, 0.6) is 0 Å². The van der Waals surface area contributed by atoms with E-state index in [0.717, 1.165) is 6.42 Å². The standard InChI is InChI=1S/C21H25N3O5S/c1-15-10-16(2)14-23(13-15)30(28,29)20-5-3-4-17(11-20)21(25)12-22-18-6-8-19(9-7-18)24(26)27/h3-9,11,15-16,22H,10,12-14H2,1-2H3. The molecule has 30 heavy (non-hydrogen) atoms. The van der Waals surface area contributed by atoms with Gasteiger partial charge in [-0.05, 0) is 42.5 Å². The van der Waals surface area contributed by atoms with Crippen molar-refractivity contribution in [2.45, 2.75) is 25.2 Å². The first-order chi connectivity index (χ1) is 14.2. The molecule has 1 saturated heterocycles. The molecule has 0 bridgehead atoms. The molecule has 0 spiro atoms. The Bertz CT molecular complexity index is 1030. The number of anilines is 1. The van der Waals surface area contributed by atoms with Gasteiger partial charge in [-0.1, -0.05) is 26.0 Å². The maximum absolute atomic E-state index is 13.1. The van der Waals surface area contributed by atoms with Crippen molar-refractivity contribution in [3.8, 4) is 0 Å². The van der Waals surface area contributed by atoms with E-state index < -0.39 is 14.9 Å². The lowest BCUT2D eigenvalue weighted by Crippen LogP contribution is -2.42. The molecule has 0 radical (unpaired) electrons. The van der Waals surface area contributed by atoms with Gasteiger partial charge < -0.3 is 5.32 Å². The second kappa shape index (κ2) is 8.93. The number of hydrogen-bond acceptors (Lipinski definition) is 6. The number of ketones is 1. The summed E-state index contributed by atoms with van der Waals surface area (Å²) in [5.41, 5.74) is 0.823. The van der Waals surface area contributed by atoms with Gasteiger partial charge in [-0.15, -0.1) is 0 Å². The predicted molar refractivity (Wildman–Crippen MR) is 114 cm³/mol. The van der Waals surface area contributed by atoms with Gasteiger partial charge in [0, 0.05) is 36.5 Å². The fourth-order valence-electron chi connectivity index (χ4n) is 3.77. The van der Waals surface area contributed by atoms with Crippen LogP contribution in [0.15, 0.2) is 53.4 Å². The van der Waals surface area contributed by atoms with Crippen molar-refractivity contribution in [2.24, 2.45) is 11.8 Å². The third kappa shape index (κ3) is 5.03. The minimum Gasteiger partial charge on any atom is -0.378 e. The highest BCUT2D eigenvalue weighted by molar-refractivity contribution is 7.89. The summed E-state index contributed by atoms with van der Waals surface area (Å²) in [6.07, 6.45) is 0.999. The molecule has 3 rings (SSSR count). The average Bonchev–Trinajstić information content (AvgIpc) is 2.71. The summed E-state index contributed by atoms with van der Waals surface area (Å²) in [7, 11) is -3.67. The maximum atomic E-state index is 13.1. The van der Waals surface area contributed by atoms with Gasteiger partial charge in [-0.25, -0.2) is 8.42 Å². The smallest absolute Gasteiger partial charge is 0.269 e. The van der Waals surface area contributed by atoms with E-state index in [4.69, 9.17) is 0 Å². The van der Waals surface area contributed by atoms with Crippen molar-refractivity contribution in [1.82, 2.24) is 4.31 Å². The number of sulfonamides is 1. The first-order valence-corrected chi connectivity index (χ1v) is 11.2. The second-order valence-electron chi connectivity index (χ2n) is 7.88. The Morgan fingerprint density at radius 3 is 2.37 bits per heavy atom. The van der Waals surface area contributed by atoms with E-state index in [1.807, 2.05) is 13.8 Å². The number of nitrogens with one attached hydrogen (secondary N) is 1. The molecule has 2 unspecified atom stereocenters. The van der Waals surface area contributed by atoms with Crippen LogP contribution in [0.25, 0.3) is 0 Å². The van der Waals surface area contributed by atoms with E-state index in [9.17, 15) is 23.3 Å². The van der Waals surface area contributed by atoms with Crippen molar-refractivity contribution in [2.75, 3.05) is 25.0 Å². The minimum atomic E-state index is -3.67. The van der Waals surface area contributed by atoms with Crippen LogP contribution in [0.2, 0.25) is 0 Å². The quantitative estimate of drug-likeness (QED) is 0.408. The molecular formula is C21H25N3O5S. The van der Waals surface area contributed by atoms with E-state index in [2.05, 4.69) is 5.32 Å². The molecule has 2 aromatic rings. The van der Waals surface area contributed by atoms with Gasteiger partial charge in [-0.2, -0.15) is 4.31 Å². The van der Waals surface area contributed by atoms with Crippen molar-refractivity contribution in [3.05, 3.63) is 64.2 Å². The number of nitro groups is 1. The zero-order chi connectivity index (χ0) is 21.9. The van der Waals surface area contributed by atoms with Crippen LogP contribution in [0.4, 0.5) is 11.4 Å². The summed E-state index contributed by atoms with van der Waals surface area (Å²) in [5.74, 6) is 0.309. The number of benzene rings is 2. The molecule has 1 aliphatic heterocycles. The highest BCUT2D eigenvalue weighted by Gasteiger charge is 2.31. The van der Waals surface area contributed by atoms with E-state index in [-0.39, 0.29) is 22.9 Å². The Kier molecular flexibility index (Phi) is 6.52. The Morgan fingerprint density at radius 1 is 1.13 bits per heavy atom. The molecular weight excluding hydrogens is 406 g/mol. The minimum absolute atomic E-state index is 0.0360. The molecule has 9 heteroatoms. The number of non-ortho nitro benzene ring substituents is 1. The van der Waals surface area contributed by atoms with Crippen LogP contribution in [0.1, 0.15) is 30.6 Å². The van der Waals surface area contributed by atoms with Crippen LogP contribution >= 0.6 is 0 Å². The van der Waals surface area contributed by atoms with Gasteiger partial charge in [0.1, 0.15) is 0 Å². The number of nitro benzene ring substituents is 1. The molecule has 160 valence electrons. The first kappa shape index (κ1) is 21.9. The number of piperidine rings is 1. The number of hydrogen-bond donors (Lipinski definition) is 1. The van der Waals surface area contributed by atoms with Gasteiger partial charge in [0.25, 0.3) is 5.69 Å². The second-order valence-corrected chi connectivity index (χ2v) is 9.81. The Labute approximate surface area is 176 Å². The molecule has 0 aliphatic carbocycles. The number of rotatable bonds is 7. The highest BCUT2D eigenvalue weighted by atomic mass is 32.2. The molecule has 2 atom stereocenters. The van der Waals surface area contributed by atoms with Gasteiger partial charge in [0.2, 0.25) is 10.0 Å². The van der Waals surface area contributed by atoms with Gasteiger partial charge in [0.15, 0.2) is 5.78 Å². The first-order valence-electron chi connectivity index (χ1n) is 9.78. The van der Waals surface area contributed by atoms with E-state index in [0.29, 0.717) is 36.2 Å². The molecule has 8 nitrogen and oxygen atoms in total. The number of carbonyl (C=O) groups excluding carboxylic acids is 1. The SMILES string of the molecule is CC1CC(C)CN(S(=O)(=O)c2cccc(C(=O)CNc3ccc([N+](=O)[O-])cc3)c2)C1.